The lowest BCUT2D eigenvalue weighted by Crippen LogP contribution is -2.05. The molecule has 1 saturated carbocycles. The minimum Gasteiger partial charge on any atom is -0.139 e. The van der Waals surface area contributed by atoms with Crippen molar-refractivity contribution in [2.75, 3.05) is 0 Å². The molecule has 0 spiro atoms. The van der Waals surface area contributed by atoms with E-state index >= 15 is 0 Å². The molecule has 0 amide bonds. The van der Waals surface area contributed by atoms with Crippen LogP contribution in [0.1, 0.15) is 33.6 Å². The molecule has 0 N–H and O–H groups in total. The van der Waals surface area contributed by atoms with E-state index in [2.05, 4.69) is 32.2 Å². The third-order valence-corrected chi connectivity index (χ3v) is 2.94. The second-order valence-corrected chi connectivity index (χ2v) is 7.16. The van der Waals surface area contributed by atoms with Crippen LogP contribution in [0, 0.1) is 17.4 Å². The maximum absolute atomic E-state index is 3.38. The summed E-state index contributed by atoms with van der Waals surface area (Å²) < 4.78 is 0. The molecule has 1 rings (SSSR count). The Bertz CT molecular complexity index is 161. The van der Waals surface area contributed by atoms with Crippen molar-refractivity contribution < 1.29 is 0 Å². The van der Waals surface area contributed by atoms with Crippen LogP contribution in [0.25, 0.3) is 0 Å². The van der Waals surface area contributed by atoms with E-state index in [1.807, 2.05) is 0 Å². The summed E-state index contributed by atoms with van der Waals surface area (Å²) in [7, 11) is -0.114. The molecule has 0 unspecified atom stereocenters. The first-order valence-corrected chi connectivity index (χ1v) is 5.48. The highest BCUT2D eigenvalue weighted by Crippen LogP contribution is 2.27. The van der Waals surface area contributed by atoms with Gasteiger partial charge in [0, 0.05) is 5.92 Å². The first-order valence-electron chi connectivity index (χ1n) is 4.06. The Balaban J connectivity index is 2.21. The molecule has 0 aromatic heterocycles. The summed E-state index contributed by atoms with van der Waals surface area (Å²) in [6.07, 6.45) is 2.73. The van der Waals surface area contributed by atoms with Gasteiger partial charge in [0.25, 0.3) is 0 Å². The minimum atomic E-state index is -0.114. The molecule has 0 saturated heterocycles. The van der Waals surface area contributed by atoms with E-state index in [-0.39, 0.29) is 9.52 Å². The normalized spacial score (nSPS) is 19.1. The van der Waals surface area contributed by atoms with Gasteiger partial charge in [-0.3, -0.25) is 0 Å². The van der Waals surface area contributed by atoms with Gasteiger partial charge in [0.15, 0.2) is 0 Å². The van der Waals surface area contributed by atoms with Crippen LogP contribution in [-0.4, -0.2) is 9.52 Å². The molecular formula is C9H16Si. The van der Waals surface area contributed by atoms with Crippen molar-refractivity contribution in [3.05, 3.63) is 0 Å². The number of hydrogen-bond donors (Lipinski definition) is 0. The molecule has 0 atom stereocenters. The molecular weight excluding hydrogens is 136 g/mol. The van der Waals surface area contributed by atoms with E-state index in [9.17, 15) is 0 Å². The Labute approximate surface area is 66.2 Å². The summed E-state index contributed by atoms with van der Waals surface area (Å²) in [4.78, 5) is 0. The number of rotatable bonds is 0. The zero-order chi connectivity index (χ0) is 7.61. The monoisotopic (exact) mass is 152 g/mol. The van der Waals surface area contributed by atoms with Crippen molar-refractivity contribution in [3.8, 4) is 11.5 Å². The van der Waals surface area contributed by atoms with Crippen LogP contribution in [0.4, 0.5) is 0 Å². The van der Waals surface area contributed by atoms with Gasteiger partial charge in [-0.25, -0.2) is 0 Å². The van der Waals surface area contributed by atoms with Crippen LogP contribution in [0.5, 0.6) is 0 Å². The van der Waals surface area contributed by atoms with Crippen LogP contribution in [0.15, 0.2) is 0 Å². The first kappa shape index (κ1) is 7.88. The Kier molecular flexibility index (Phi) is 2.20. The molecule has 1 fully saturated rings. The molecule has 0 nitrogen and oxygen atoms in total. The van der Waals surface area contributed by atoms with Gasteiger partial charge in [0.1, 0.15) is 9.52 Å². The van der Waals surface area contributed by atoms with Crippen molar-refractivity contribution in [1.82, 2.24) is 0 Å². The predicted octanol–water partition coefficient (Wildman–Crippen LogP) is 1.74. The Hall–Kier alpha value is -0.223. The highest BCUT2D eigenvalue weighted by Gasteiger charge is 2.18. The second-order valence-electron chi connectivity index (χ2n) is 4.33. The van der Waals surface area contributed by atoms with Crippen LogP contribution in [-0.2, 0) is 0 Å². The Morgan fingerprint density at radius 2 is 1.90 bits per heavy atom. The minimum absolute atomic E-state index is 0.114. The van der Waals surface area contributed by atoms with Gasteiger partial charge in [0.2, 0.25) is 0 Å². The standard InChI is InChI=1S/C9H16Si/c1-9(2,3)10-7-6-8-4-5-8/h8H,4-5,10H2,1-3H3. The van der Waals surface area contributed by atoms with Gasteiger partial charge in [-0.1, -0.05) is 20.8 Å². The Morgan fingerprint density at radius 3 is 2.30 bits per heavy atom. The van der Waals surface area contributed by atoms with E-state index in [0.717, 1.165) is 5.92 Å². The summed E-state index contributed by atoms with van der Waals surface area (Å²) in [5.74, 6) is 4.13. The third-order valence-electron chi connectivity index (χ3n) is 1.50. The number of hydrogen-bond acceptors (Lipinski definition) is 0. The maximum atomic E-state index is 3.38. The first-order chi connectivity index (χ1) is 4.58. The maximum Gasteiger partial charge on any atom is 0.112 e. The molecule has 0 radical (unpaired) electrons. The summed E-state index contributed by atoms with van der Waals surface area (Å²) in [5.41, 5.74) is 3.38. The molecule has 1 aliphatic rings. The SMILES string of the molecule is CC(C)(C)[SiH2]C#CC1CC1. The van der Waals surface area contributed by atoms with E-state index in [1.165, 1.54) is 12.8 Å². The fourth-order valence-electron chi connectivity index (χ4n) is 0.688. The highest BCUT2D eigenvalue weighted by molar-refractivity contribution is 6.49. The summed E-state index contributed by atoms with van der Waals surface area (Å²) in [6.45, 7) is 6.88. The van der Waals surface area contributed by atoms with Crippen molar-refractivity contribution in [2.24, 2.45) is 5.92 Å². The molecule has 0 bridgehead atoms. The van der Waals surface area contributed by atoms with E-state index in [4.69, 9.17) is 0 Å². The van der Waals surface area contributed by atoms with Gasteiger partial charge in [-0.05, 0) is 17.9 Å². The zero-order valence-electron chi connectivity index (χ0n) is 7.20. The van der Waals surface area contributed by atoms with Gasteiger partial charge < -0.3 is 0 Å². The fraction of sp³-hybridized carbons (Fsp3) is 0.778. The summed E-state index contributed by atoms with van der Waals surface area (Å²) in [6, 6.07) is 0. The molecule has 56 valence electrons. The van der Waals surface area contributed by atoms with Gasteiger partial charge in [-0.15, -0.1) is 11.5 Å². The molecule has 1 aliphatic carbocycles. The van der Waals surface area contributed by atoms with E-state index in [1.54, 1.807) is 0 Å². The van der Waals surface area contributed by atoms with Gasteiger partial charge in [-0.2, -0.15) is 0 Å². The average molecular weight is 152 g/mol. The van der Waals surface area contributed by atoms with Gasteiger partial charge >= 0.3 is 0 Å². The quantitative estimate of drug-likeness (QED) is 0.366. The molecule has 0 aliphatic heterocycles. The molecule has 10 heavy (non-hydrogen) atoms. The average Bonchev–Trinajstić information content (AvgIpc) is 2.45. The van der Waals surface area contributed by atoms with Crippen molar-refractivity contribution in [1.29, 1.82) is 0 Å². The van der Waals surface area contributed by atoms with Crippen LogP contribution in [0.3, 0.4) is 0 Å². The smallest absolute Gasteiger partial charge is 0.112 e. The van der Waals surface area contributed by atoms with Crippen LogP contribution < -0.4 is 0 Å². The highest BCUT2D eigenvalue weighted by atomic mass is 28.2. The Morgan fingerprint density at radius 1 is 1.30 bits per heavy atom. The third kappa shape index (κ3) is 3.74. The van der Waals surface area contributed by atoms with Crippen LogP contribution in [0.2, 0.25) is 5.04 Å². The summed E-state index contributed by atoms with van der Waals surface area (Å²) >= 11 is 0. The lowest BCUT2D eigenvalue weighted by Gasteiger charge is -2.11. The van der Waals surface area contributed by atoms with E-state index in [0.29, 0.717) is 5.04 Å². The fourth-order valence-corrected chi connectivity index (χ4v) is 1.61. The van der Waals surface area contributed by atoms with Crippen LogP contribution >= 0.6 is 0 Å². The second kappa shape index (κ2) is 2.80. The van der Waals surface area contributed by atoms with Crippen molar-refractivity contribution in [3.63, 3.8) is 0 Å². The molecule has 0 aromatic rings. The predicted molar refractivity (Wildman–Crippen MR) is 48.8 cm³/mol. The lowest BCUT2D eigenvalue weighted by atomic mass is 10.3. The van der Waals surface area contributed by atoms with Gasteiger partial charge in [0.05, 0.1) is 0 Å². The van der Waals surface area contributed by atoms with E-state index < -0.39 is 0 Å². The van der Waals surface area contributed by atoms with Crippen molar-refractivity contribution >= 4 is 9.52 Å². The summed E-state index contributed by atoms with van der Waals surface area (Å²) in [5, 5.41) is 0.530. The topological polar surface area (TPSA) is 0 Å². The lowest BCUT2D eigenvalue weighted by molar-refractivity contribution is 0.760. The largest absolute Gasteiger partial charge is 0.139 e. The molecule has 1 heteroatoms. The zero-order valence-corrected chi connectivity index (χ0v) is 8.61. The van der Waals surface area contributed by atoms with Crippen molar-refractivity contribution in [2.45, 2.75) is 38.7 Å². The molecule has 0 heterocycles. The molecule has 0 aromatic carbocycles.